The van der Waals surface area contributed by atoms with Crippen LogP contribution in [0.5, 0.6) is 0 Å². The fraction of sp³-hybridized carbons (Fsp3) is 0. The molecule has 0 bridgehead atoms. The normalized spacial score (nSPS) is 10.9. The number of para-hydroxylation sites is 1. The molecule has 0 spiro atoms. The Hall–Kier alpha value is -2.47. The lowest BCUT2D eigenvalue weighted by Crippen LogP contribution is -2.30. The number of nitrogens with zero attached hydrogens (tertiary/aromatic N) is 2. The molecule has 0 saturated carbocycles. The Balaban J connectivity index is 2.52. The first-order valence-corrected chi connectivity index (χ1v) is 6.02. The summed E-state index contributed by atoms with van der Waals surface area (Å²) in [5, 5.41) is -0.442. The molecule has 1 N–H and O–H groups in total. The molecule has 2 aromatic heterocycles. The summed E-state index contributed by atoms with van der Waals surface area (Å²) >= 11 is 5.64. The van der Waals surface area contributed by atoms with Gasteiger partial charge in [-0.2, -0.15) is 0 Å². The molecule has 0 unspecified atom stereocenters. The van der Waals surface area contributed by atoms with Crippen molar-refractivity contribution in [2.75, 3.05) is 0 Å². The highest BCUT2D eigenvalue weighted by Crippen LogP contribution is 2.17. The van der Waals surface area contributed by atoms with Crippen LogP contribution in [0, 0.1) is 5.82 Å². The number of benzene rings is 1. The number of aromatic nitrogens is 3. The predicted molar refractivity (Wildman–Crippen MR) is 72.9 cm³/mol. The lowest BCUT2D eigenvalue weighted by molar-refractivity contribution is 0.623. The van der Waals surface area contributed by atoms with Gasteiger partial charge in [-0.25, -0.2) is 18.7 Å². The molecule has 100 valence electrons. The fourth-order valence-corrected chi connectivity index (χ4v) is 2.06. The topological polar surface area (TPSA) is 67.8 Å². The highest BCUT2D eigenvalue weighted by atomic mass is 35.5. The minimum Gasteiger partial charge on any atom is -0.273 e. The van der Waals surface area contributed by atoms with Crippen molar-refractivity contribution in [3.63, 3.8) is 0 Å². The Morgan fingerprint density at radius 1 is 1.20 bits per heavy atom. The van der Waals surface area contributed by atoms with E-state index in [-0.39, 0.29) is 11.0 Å². The number of aromatic amines is 1. The lowest BCUT2D eigenvalue weighted by Gasteiger charge is -2.08. The van der Waals surface area contributed by atoms with Crippen LogP contribution in [-0.2, 0) is 0 Å². The molecule has 0 atom stereocenters. The van der Waals surface area contributed by atoms with Crippen molar-refractivity contribution in [1.82, 2.24) is 14.5 Å². The summed E-state index contributed by atoms with van der Waals surface area (Å²) in [5.74, 6) is -0.817. The van der Waals surface area contributed by atoms with Crippen molar-refractivity contribution in [1.29, 1.82) is 0 Å². The van der Waals surface area contributed by atoms with Crippen LogP contribution in [0.25, 0.3) is 16.7 Å². The van der Waals surface area contributed by atoms with Crippen molar-refractivity contribution >= 4 is 22.6 Å². The van der Waals surface area contributed by atoms with Crippen LogP contribution in [0.4, 0.5) is 4.39 Å². The van der Waals surface area contributed by atoms with Gasteiger partial charge in [0.25, 0.3) is 5.56 Å². The van der Waals surface area contributed by atoms with Gasteiger partial charge in [0.1, 0.15) is 0 Å². The van der Waals surface area contributed by atoms with E-state index >= 15 is 0 Å². The zero-order valence-electron chi connectivity index (χ0n) is 9.93. The van der Waals surface area contributed by atoms with Gasteiger partial charge in [-0.15, -0.1) is 0 Å². The summed E-state index contributed by atoms with van der Waals surface area (Å²) in [6, 6.07) is 9.52. The summed E-state index contributed by atoms with van der Waals surface area (Å²) < 4.78 is 14.6. The van der Waals surface area contributed by atoms with E-state index in [9.17, 15) is 14.0 Å². The number of hydrogen-bond donors (Lipinski definition) is 1. The molecule has 0 aliphatic rings. The minimum absolute atomic E-state index is 0.0105. The van der Waals surface area contributed by atoms with Gasteiger partial charge in [0, 0.05) is 0 Å². The number of nitrogens with one attached hydrogen (secondary N) is 1. The molecule has 2 heterocycles. The van der Waals surface area contributed by atoms with Gasteiger partial charge in [0.05, 0.1) is 11.1 Å². The molecule has 0 radical (unpaired) electrons. The van der Waals surface area contributed by atoms with Crippen LogP contribution in [0.3, 0.4) is 0 Å². The Bertz CT molecular complexity index is 919. The number of halogens is 2. The van der Waals surface area contributed by atoms with Crippen molar-refractivity contribution in [2.24, 2.45) is 0 Å². The molecule has 3 rings (SSSR count). The number of hydrogen-bond acceptors (Lipinski definition) is 3. The second-order valence-electron chi connectivity index (χ2n) is 4.06. The molecule has 0 aliphatic carbocycles. The smallest absolute Gasteiger partial charge is 0.273 e. The van der Waals surface area contributed by atoms with Gasteiger partial charge in [-0.05, 0) is 18.2 Å². The number of pyridine rings is 1. The van der Waals surface area contributed by atoms with Gasteiger partial charge in [0.15, 0.2) is 16.6 Å². The average molecular weight is 292 g/mol. The van der Waals surface area contributed by atoms with Gasteiger partial charge in [-0.3, -0.25) is 9.78 Å². The van der Waals surface area contributed by atoms with Crippen molar-refractivity contribution in [2.45, 2.75) is 0 Å². The molecule has 5 nitrogen and oxygen atoms in total. The van der Waals surface area contributed by atoms with E-state index in [1.807, 2.05) is 0 Å². The molecule has 1 aromatic carbocycles. The summed E-state index contributed by atoms with van der Waals surface area (Å²) in [5.41, 5.74) is -0.866. The van der Waals surface area contributed by atoms with E-state index in [2.05, 4.69) is 9.97 Å². The van der Waals surface area contributed by atoms with Crippen LogP contribution in [0.15, 0.2) is 46.0 Å². The first-order chi connectivity index (χ1) is 9.58. The fourth-order valence-electron chi connectivity index (χ4n) is 1.93. The molecule has 0 saturated heterocycles. The summed E-state index contributed by atoms with van der Waals surface area (Å²) in [6.45, 7) is 0. The predicted octanol–water partition coefficient (Wildman–Crippen LogP) is 1.87. The van der Waals surface area contributed by atoms with E-state index in [4.69, 9.17) is 11.6 Å². The summed E-state index contributed by atoms with van der Waals surface area (Å²) in [4.78, 5) is 29.6. The maximum absolute atomic E-state index is 13.4. The van der Waals surface area contributed by atoms with E-state index in [1.54, 1.807) is 30.3 Å². The SMILES string of the molecule is O=c1[nH]c(=O)n(-c2ccccc2)c2nc(Cl)c(F)cc12. The molecular formula is C13H7ClFN3O2. The molecular weight excluding hydrogens is 285 g/mol. The monoisotopic (exact) mass is 291 g/mol. The maximum atomic E-state index is 13.4. The highest BCUT2D eigenvalue weighted by Gasteiger charge is 2.13. The number of H-pyrrole nitrogens is 1. The average Bonchev–Trinajstić information content (AvgIpc) is 2.42. The van der Waals surface area contributed by atoms with Crippen LogP contribution < -0.4 is 11.2 Å². The largest absolute Gasteiger partial charge is 0.334 e. The van der Waals surface area contributed by atoms with E-state index < -0.39 is 22.2 Å². The first kappa shape index (κ1) is 12.6. The third kappa shape index (κ3) is 1.90. The first-order valence-electron chi connectivity index (χ1n) is 5.64. The van der Waals surface area contributed by atoms with Crippen molar-refractivity contribution < 1.29 is 4.39 Å². The van der Waals surface area contributed by atoms with Crippen LogP contribution >= 0.6 is 11.6 Å². The summed E-state index contributed by atoms with van der Waals surface area (Å²) in [6.07, 6.45) is 0. The number of rotatable bonds is 1. The molecule has 7 heteroatoms. The number of fused-ring (bicyclic) bond motifs is 1. The van der Waals surface area contributed by atoms with E-state index in [0.717, 1.165) is 6.07 Å². The highest BCUT2D eigenvalue weighted by molar-refractivity contribution is 6.29. The van der Waals surface area contributed by atoms with Crippen LogP contribution in [-0.4, -0.2) is 14.5 Å². The maximum Gasteiger partial charge on any atom is 0.334 e. The van der Waals surface area contributed by atoms with E-state index in [1.165, 1.54) is 4.57 Å². The zero-order valence-corrected chi connectivity index (χ0v) is 10.7. The molecule has 3 aromatic rings. The summed E-state index contributed by atoms with van der Waals surface area (Å²) in [7, 11) is 0. The Morgan fingerprint density at radius 3 is 2.60 bits per heavy atom. The molecule has 20 heavy (non-hydrogen) atoms. The molecule has 0 amide bonds. The zero-order chi connectivity index (χ0) is 14.3. The minimum atomic E-state index is -0.817. The lowest BCUT2D eigenvalue weighted by atomic mass is 10.3. The van der Waals surface area contributed by atoms with E-state index in [0.29, 0.717) is 5.69 Å². The van der Waals surface area contributed by atoms with Gasteiger partial charge >= 0.3 is 5.69 Å². The van der Waals surface area contributed by atoms with Crippen LogP contribution in [0.2, 0.25) is 5.15 Å². The standard InChI is InChI=1S/C13H7ClFN3O2/c14-10-9(15)6-8-11(16-10)18(13(20)17-12(8)19)7-4-2-1-3-5-7/h1-6H,(H,17,19,20). The van der Waals surface area contributed by atoms with Gasteiger partial charge in [0.2, 0.25) is 0 Å². The second kappa shape index (κ2) is 4.57. The Kier molecular flexibility index (Phi) is 2.87. The third-order valence-corrected chi connectivity index (χ3v) is 3.07. The van der Waals surface area contributed by atoms with Crippen molar-refractivity contribution in [3.05, 3.63) is 68.2 Å². The molecule has 0 aliphatic heterocycles. The van der Waals surface area contributed by atoms with Crippen LogP contribution in [0.1, 0.15) is 0 Å². The third-order valence-electron chi connectivity index (χ3n) is 2.81. The van der Waals surface area contributed by atoms with Gasteiger partial charge in [-0.1, -0.05) is 29.8 Å². The second-order valence-corrected chi connectivity index (χ2v) is 4.42. The molecule has 0 fully saturated rings. The quantitative estimate of drug-likeness (QED) is 0.696. The Labute approximate surface area is 116 Å². The van der Waals surface area contributed by atoms with Gasteiger partial charge < -0.3 is 0 Å². The Morgan fingerprint density at radius 2 is 1.90 bits per heavy atom. The van der Waals surface area contributed by atoms with Crippen molar-refractivity contribution in [3.8, 4) is 5.69 Å².